The number of hydrogen-bond acceptors (Lipinski definition) is 9. The highest BCUT2D eigenvalue weighted by Gasteiger charge is 2.54. The molecule has 1 unspecified atom stereocenters. The Morgan fingerprint density at radius 3 is 2.25 bits per heavy atom. The number of fused-ring (bicyclic) bond motifs is 2. The summed E-state index contributed by atoms with van der Waals surface area (Å²) in [5, 5.41) is 5.16. The SMILES string of the molecule is CCCCC1=CC(CCC(=O)NC(CS(=O)(=O)[O-])C(=O)NCCCCC(=O)ON2C(=O)CCC2=O)=[N+]2C1=Cc1c(CCCC)cc(CCC[N+](C)(C)C)n1[B-]2(F)F. The van der Waals surface area contributed by atoms with Gasteiger partial charge in [0, 0.05) is 68.5 Å². The predicted octanol–water partition coefficient (Wildman–Crippen LogP) is 3.33. The van der Waals surface area contributed by atoms with Gasteiger partial charge in [0.1, 0.15) is 11.8 Å². The highest BCUT2D eigenvalue weighted by molar-refractivity contribution is 7.85. The second-order valence-corrected chi connectivity index (χ2v) is 17.5. The predicted molar refractivity (Wildman–Crippen MR) is 208 cm³/mol. The number of amides is 4. The first-order valence-electron chi connectivity index (χ1n) is 20.0. The summed E-state index contributed by atoms with van der Waals surface area (Å²) in [6.45, 7) is 0.451. The van der Waals surface area contributed by atoms with Crippen LogP contribution in [0, 0.1) is 0 Å². The third kappa shape index (κ3) is 12.4. The molecule has 1 aromatic rings. The fraction of sp³-hybridized carbons (Fsp3) is 0.632. The van der Waals surface area contributed by atoms with Crippen molar-refractivity contribution < 1.29 is 59.4 Å². The minimum Gasteiger partial charge on any atom is -0.748 e. The van der Waals surface area contributed by atoms with Crippen molar-refractivity contribution in [2.45, 2.75) is 116 Å². The van der Waals surface area contributed by atoms with Crippen LogP contribution in [0.4, 0.5) is 8.63 Å². The molecule has 2 N–H and O–H groups in total. The number of allylic oxidation sites excluding steroid dienone is 2. The third-order valence-corrected chi connectivity index (χ3v) is 10.9. The average Bonchev–Trinajstić information content (AvgIpc) is 3.76. The van der Waals surface area contributed by atoms with Gasteiger partial charge in [0.25, 0.3) is 11.8 Å². The first kappa shape index (κ1) is 45.5. The van der Waals surface area contributed by atoms with E-state index in [2.05, 4.69) is 38.7 Å². The number of imide groups is 1. The van der Waals surface area contributed by atoms with Crippen molar-refractivity contribution in [3.8, 4) is 0 Å². The number of nitrogens with zero attached hydrogens (tertiary/aromatic N) is 4. The topological polar surface area (TPSA) is 187 Å². The Morgan fingerprint density at radius 2 is 1.61 bits per heavy atom. The van der Waals surface area contributed by atoms with Gasteiger partial charge < -0.3 is 42.1 Å². The van der Waals surface area contributed by atoms with Crippen LogP contribution >= 0.6 is 0 Å². The fourth-order valence-corrected chi connectivity index (χ4v) is 7.94. The molecule has 3 aliphatic heterocycles. The number of rotatable bonds is 23. The van der Waals surface area contributed by atoms with Crippen LogP contribution in [0.1, 0.15) is 114 Å². The molecule has 0 aromatic carbocycles. The minimum absolute atomic E-state index is 0.0493. The van der Waals surface area contributed by atoms with Gasteiger partial charge in [0.05, 0.1) is 43.6 Å². The van der Waals surface area contributed by atoms with E-state index < -0.39 is 58.5 Å². The van der Waals surface area contributed by atoms with Crippen LogP contribution in [0.3, 0.4) is 0 Å². The zero-order chi connectivity index (χ0) is 42.1. The number of halogens is 2. The fourth-order valence-electron chi connectivity index (χ4n) is 7.30. The Labute approximate surface area is 333 Å². The molecule has 0 radical (unpaired) electrons. The summed E-state index contributed by atoms with van der Waals surface area (Å²) in [6.07, 6.45) is 8.95. The maximum absolute atomic E-state index is 17.1. The lowest BCUT2D eigenvalue weighted by molar-refractivity contribution is -0.870. The summed E-state index contributed by atoms with van der Waals surface area (Å²) in [5.74, 6) is -5.06. The van der Waals surface area contributed by atoms with E-state index >= 15 is 8.63 Å². The molecule has 3 aliphatic rings. The lowest BCUT2D eigenvalue weighted by atomic mass is 9.88. The Morgan fingerprint density at radius 1 is 0.947 bits per heavy atom. The Balaban J connectivity index is 1.46. The smallest absolute Gasteiger partial charge is 0.737 e. The highest BCUT2D eigenvalue weighted by atomic mass is 32.2. The van der Waals surface area contributed by atoms with Crippen LogP contribution in [0.5, 0.6) is 0 Å². The molecule has 4 amide bonds. The molecule has 0 aliphatic carbocycles. The quantitative estimate of drug-likeness (QED) is 0.0549. The van der Waals surface area contributed by atoms with E-state index in [1.165, 1.54) is 4.48 Å². The second-order valence-electron chi connectivity index (χ2n) is 16.0. The van der Waals surface area contributed by atoms with Crippen molar-refractivity contribution in [1.82, 2.24) is 20.2 Å². The molecule has 0 saturated carbocycles. The van der Waals surface area contributed by atoms with E-state index in [-0.39, 0.29) is 57.2 Å². The standard InChI is InChI=1S/C38H57BF2N6O9S/c1-6-8-13-27-23-29(15-12-22-47(3,4)5)44-32(27)25-33-28(14-9-7-2)24-30(45(33)39(44,40)41)17-18-34(48)43-31(26-57(53,54)55)38(52)42-21-11-10-16-37(51)56-46-35(49)19-20-36(46)50/h23-25,31H,6-22,26H2,1-5H3,(H2-,42,43,48,52,53,54,55). The number of hydrogen-bond donors (Lipinski definition) is 2. The monoisotopic (exact) mass is 822 g/mol. The average molecular weight is 823 g/mol. The maximum atomic E-state index is 17.1. The van der Waals surface area contributed by atoms with Crippen molar-refractivity contribution >= 4 is 58.5 Å². The normalized spacial score (nSPS) is 16.9. The van der Waals surface area contributed by atoms with Gasteiger partial charge in [0.2, 0.25) is 11.8 Å². The molecule has 1 atom stereocenters. The Kier molecular flexibility index (Phi) is 15.5. The molecule has 19 heteroatoms. The molecule has 0 bridgehead atoms. The number of unbranched alkanes of at least 4 members (excludes halogenated alkanes) is 3. The third-order valence-electron chi connectivity index (χ3n) is 10.2. The van der Waals surface area contributed by atoms with E-state index in [1.54, 1.807) is 6.08 Å². The number of nitrogens with one attached hydrogen (secondary N) is 2. The van der Waals surface area contributed by atoms with Crippen LogP contribution in [0.15, 0.2) is 23.4 Å². The molecular formula is C38H57BF2N6O9S. The highest BCUT2D eigenvalue weighted by Crippen LogP contribution is 2.40. The van der Waals surface area contributed by atoms with Crippen molar-refractivity contribution in [2.24, 2.45) is 0 Å². The first-order chi connectivity index (χ1) is 26.8. The van der Waals surface area contributed by atoms with Gasteiger partial charge in [0.15, 0.2) is 5.70 Å². The zero-order valence-electron chi connectivity index (χ0n) is 33.7. The van der Waals surface area contributed by atoms with Crippen LogP contribution in [-0.2, 0) is 51.8 Å². The van der Waals surface area contributed by atoms with Crippen molar-refractivity contribution in [3.05, 3.63) is 40.4 Å². The van der Waals surface area contributed by atoms with Crippen LogP contribution < -0.4 is 10.6 Å². The van der Waals surface area contributed by atoms with Crippen LogP contribution in [0.2, 0.25) is 0 Å². The van der Waals surface area contributed by atoms with Gasteiger partial charge in [-0.15, -0.1) is 5.06 Å². The number of aromatic nitrogens is 1. The molecule has 4 heterocycles. The Hall–Kier alpha value is -4.23. The largest absolute Gasteiger partial charge is 0.748 e. The van der Waals surface area contributed by atoms with Gasteiger partial charge >= 0.3 is 12.9 Å². The van der Waals surface area contributed by atoms with Gasteiger partial charge in [-0.1, -0.05) is 26.7 Å². The molecular weight excluding hydrogens is 765 g/mol. The zero-order valence-corrected chi connectivity index (χ0v) is 34.6. The maximum Gasteiger partial charge on any atom is 0.737 e. The number of aryl methyl sites for hydroxylation is 2. The number of hydroxylamine groups is 2. The Bertz CT molecular complexity index is 1900. The lowest BCUT2D eigenvalue weighted by Crippen LogP contribution is -2.52. The second kappa shape index (κ2) is 19.5. The summed E-state index contributed by atoms with van der Waals surface area (Å²) in [7, 11) is 1.19. The van der Waals surface area contributed by atoms with Gasteiger partial charge in [-0.05, 0) is 62.3 Å². The van der Waals surface area contributed by atoms with Crippen LogP contribution in [0.25, 0.3) is 6.08 Å². The summed E-state index contributed by atoms with van der Waals surface area (Å²) >= 11 is 0. The summed E-state index contributed by atoms with van der Waals surface area (Å²) in [6, 6.07) is 0.166. The van der Waals surface area contributed by atoms with E-state index in [4.69, 9.17) is 4.84 Å². The van der Waals surface area contributed by atoms with Crippen LogP contribution in [-0.4, -0.2) is 120 Å². The van der Waals surface area contributed by atoms with Crippen molar-refractivity contribution in [2.75, 3.05) is 40.0 Å². The summed E-state index contributed by atoms with van der Waals surface area (Å²) in [4.78, 5) is 66.2. The van der Waals surface area contributed by atoms with Gasteiger partial charge in [-0.2, -0.15) is 0 Å². The molecule has 1 saturated heterocycles. The van der Waals surface area contributed by atoms with E-state index in [1.807, 2.05) is 19.1 Å². The summed E-state index contributed by atoms with van der Waals surface area (Å²) < 4.78 is 72.1. The molecule has 316 valence electrons. The summed E-state index contributed by atoms with van der Waals surface area (Å²) in [5.41, 5.74) is 3.35. The number of carbonyl (C=O) groups is 5. The van der Waals surface area contributed by atoms with E-state index in [0.29, 0.717) is 52.3 Å². The molecule has 4 rings (SSSR count). The number of carbonyl (C=O) groups excluding carboxylic acids is 5. The molecule has 57 heavy (non-hydrogen) atoms. The number of quaternary nitrogens is 1. The van der Waals surface area contributed by atoms with Gasteiger partial charge in [-0.3, -0.25) is 19.2 Å². The molecule has 0 spiro atoms. The van der Waals surface area contributed by atoms with Gasteiger partial charge in [-0.25, -0.2) is 13.2 Å². The molecule has 15 nitrogen and oxygen atoms in total. The van der Waals surface area contributed by atoms with E-state index in [9.17, 15) is 36.9 Å². The molecule has 1 aromatic heterocycles. The minimum atomic E-state index is -4.99. The molecule has 1 fully saturated rings. The van der Waals surface area contributed by atoms with Crippen molar-refractivity contribution in [1.29, 1.82) is 0 Å². The lowest BCUT2D eigenvalue weighted by Gasteiger charge is -2.32. The van der Waals surface area contributed by atoms with E-state index in [0.717, 1.165) is 47.9 Å². The first-order valence-corrected chi connectivity index (χ1v) is 21.5. The van der Waals surface area contributed by atoms with Crippen molar-refractivity contribution in [3.63, 3.8) is 0 Å².